The first-order chi connectivity index (χ1) is 22.6. The lowest BCUT2D eigenvalue weighted by molar-refractivity contribution is -0.0748. The Morgan fingerprint density at radius 2 is 2.06 bits per heavy atom. The number of hydrogen-bond acceptors (Lipinski definition) is 11. The van der Waals surface area contributed by atoms with Gasteiger partial charge in [-0.15, -0.1) is 11.8 Å². The van der Waals surface area contributed by atoms with Crippen LogP contribution in [0, 0.1) is 0 Å². The second-order valence-corrected chi connectivity index (χ2v) is 13.5. The number of piperidine rings is 1. The van der Waals surface area contributed by atoms with Crippen LogP contribution in [0.4, 0.5) is 14.5 Å². The molecule has 5 heterocycles. The molecule has 6 rings (SSSR count). The van der Waals surface area contributed by atoms with Crippen molar-refractivity contribution in [2.45, 2.75) is 62.1 Å². The van der Waals surface area contributed by atoms with Crippen LogP contribution in [0.1, 0.15) is 37.0 Å². The summed E-state index contributed by atoms with van der Waals surface area (Å²) in [6.45, 7) is 4.55. The first-order valence-corrected chi connectivity index (χ1v) is 16.3. The number of carbonyl (C=O) groups is 1. The maximum Gasteiger partial charge on any atom is 0.387 e. The Bertz CT molecular complexity index is 1730. The van der Waals surface area contributed by atoms with E-state index in [2.05, 4.69) is 20.3 Å². The summed E-state index contributed by atoms with van der Waals surface area (Å²) in [5, 5.41) is 13.7. The summed E-state index contributed by atoms with van der Waals surface area (Å²) < 4.78 is 40.3. The highest BCUT2D eigenvalue weighted by Crippen LogP contribution is 2.39. The van der Waals surface area contributed by atoms with Gasteiger partial charge in [-0.2, -0.15) is 19.0 Å². The lowest BCUT2D eigenvalue weighted by Crippen LogP contribution is -2.54. The van der Waals surface area contributed by atoms with Crippen molar-refractivity contribution in [3.05, 3.63) is 66.5 Å². The molecule has 5 N–H and O–H groups in total. The van der Waals surface area contributed by atoms with Crippen molar-refractivity contribution >= 4 is 29.0 Å². The number of aromatic nitrogens is 5. The first-order valence-electron chi connectivity index (χ1n) is 15.4. The van der Waals surface area contributed by atoms with Gasteiger partial charge in [0, 0.05) is 65.3 Å². The molecule has 2 aliphatic rings. The number of likely N-dealkylation sites (tertiary alicyclic amines) is 1. The molecule has 250 valence electrons. The summed E-state index contributed by atoms with van der Waals surface area (Å²) in [5.41, 5.74) is 8.25. The third-order valence-electron chi connectivity index (χ3n) is 8.04. The zero-order valence-corrected chi connectivity index (χ0v) is 26.9. The first kappa shape index (κ1) is 32.7. The normalized spacial score (nSPS) is 16.6. The number of benzene rings is 1. The molecule has 0 aliphatic carbocycles. The van der Waals surface area contributed by atoms with Gasteiger partial charge >= 0.3 is 6.61 Å². The van der Waals surface area contributed by atoms with Crippen molar-refractivity contribution in [1.82, 2.24) is 34.3 Å². The fourth-order valence-corrected chi connectivity index (χ4v) is 6.59. The number of nitrogens with zero attached hydrogens (tertiary/aromatic N) is 7. The van der Waals surface area contributed by atoms with Gasteiger partial charge in [-0.1, -0.05) is 13.8 Å². The zero-order chi connectivity index (χ0) is 33.1. The van der Waals surface area contributed by atoms with E-state index in [-0.39, 0.29) is 46.1 Å². The molecule has 0 radical (unpaired) electrons. The zero-order valence-electron chi connectivity index (χ0n) is 26.1. The monoisotopic (exact) mass is 668 g/mol. The molecule has 2 saturated heterocycles. The fraction of sp³-hybridized carbons (Fsp3) is 0.419. The smallest absolute Gasteiger partial charge is 0.387 e. The number of amides is 1. The van der Waals surface area contributed by atoms with E-state index in [1.54, 1.807) is 59.8 Å². The summed E-state index contributed by atoms with van der Waals surface area (Å²) in [6, 6.07) is 7.24. The molecule has 16 heteroatoms. The Morgan fingerprint density at radius 3 is 2.77 bits per heavy atom. The molecule has 1 amide bonds. The minimum absolute atomic E-state index is 0.0806. The number of rotatable bonds is 12. The fourth-order valence-electron chi connectivity index (χ4n) is 5.72. The van der Waals surface area contributed by atoms with Gasteiger partial charge in [0.25, 0.3) is 5.91 Å². The SMILES string of the molecule is CC(C)Sc1ccc(OC(F)F)c(-c2nn(C/C(N)=C/N(N)C3CCN(C4COC4)CC3)cc2NC(=O)c2cnn3cccnc23)c1. The predicted octanol–water partition coefficient (Wildman–Crippen LogP) is 3.79. The number of halogens is 2. The van der Waals surface area contributed by atoms with E-state index in [9.17, 15) is 13.6 Å². The molecule has 47 heavy (non-hydrogen) atoms. The molecule has 3 aromatic heterocycles. The third kappa shape index (κ3) is 7.67. The van der Waals surface area contributed by atoms with Crippen molar-refractivity contribution in [3.8, 4) is 17.0 Å². The average Bonchev–Trinajstić information content (AvgIpc) is 3.61. The van der Waals surface area contributed by atoms with Crippen LogP contribution >= 0.6 is 11.8 Å². The molecule has 1 aromatic carbocycles. The van der Waals surface area contributed by atoms with Gasteiger partial charge in [0.05, 0.1) is 37.7 Å². The van der Waals surface area contributed by atoms with Crippen LogP contribution in [0.5, 0.6) is 5.75 Å². The number of carbonyl (C=O) groups excluding carboxylic acids is 1. The van der Waals surface area contributed by atoms with Gasteiger partial charge in [-0.05, 0) is 37.1 Å². The number of thioether (sulfide) groups is 1. The van der Waals surface area contributed by atoms with Crippen LogP contribution < -0.4 is 21.6 Å². The second kappa shape index (κ2) is 14.3. The van der Waals surface area contributed by atoms with Crippen LogP contribution in [0.2, 0.25) is 0 Å². The molecule has 4 aromatic rings. The van der Waals surface area contributed by atoms with Crippen LogP contribution in [0.3, 0.4) is 0 Å². The van der Waals surface area contributed by atoms with E-state index in [1.165, 1.54) is 21.5 Å². The molecule has 2 aliphatic heterocycles. The molecule has 0 bridgehead atoms. The lowest BCUT2D eigenvalue weighted by atomic mass is 10.0. The molecule has 13 nitrogen and oxygen atoms in total. The molecule has 0 unspecified atom stereocenters. The van der Waals surface area contributed by atoms with E-state index in [4.69, 9.17) is 26.1 Å². The highest BCUT2D eigenvalue weighted by atomic mass is 32.2. The van der Waals surface area contributed by atoms with Gasteiger partial charge in [-0.3, -0.25) is 14.4 Å². The van der Waals surface area contributed by atoms with Crippen molar-refractivity contribution < 1.29 is 23.0 Å². The average molecular weight is 669 g/mol. The van der Waals surface area contributed by atoms with E-state index in [0.29, 0.717) is 17.4 Å². The summed E-state index contributed by atoms with van der Waals surface area (Å²) in [5.74, 6) is 5.85. The van der Waals surface area contributed by atoms with Gasteiger partial charge in [0.15, 0.2) is 5.65 Å². The quantitative estimate of drug-likeness (QED) is 0.115. The minimum atomic E-state index is -3.06. The summed E-state index contributed by atoms with van der Waals surface area (Å²) in [4.78, 5) is 21.0. The van der Waals surface area contributed by atoms with Gasteiger partial charge in [0.2, 0.25) is 0 Å². The standard InChI is InChI=1S/C31H38F2N10O3S/c1-19(2)47-23-4-5-27(46-31(32)33)24(12-23)28-26(38-30(44)25-13-37-43-9-3-8-36-29(25)43)16-41(39-28)14-20(34)15-42(35)21-6-10-40(11-7-21)22-17-45-18-22/h3-5,8-9,12-13,15-16,19,21-22,31H,6-7,10-11,14,17-18,34-35H2,1-2H3,(H,38,44)/b20-15-. The van der Waals surface area contributed by atoms with Gasteiger partial charge < -0.3 is 25.5 Å². The number of nitrogens with one attached hydrogen (secondary N) is 1. The van der Waals surface area contributed by atoms with E-state index >= 15 is 0 Å². The van der Waals surface area contributed by atoms with Crippen LogP contribution in [0.25, 0.3) is 16.9 Å². The molecule has 2 fully saturated rings. The topological polar surface area (TPSA) is 154 Å². The summed E-state index contributed by atoms with van der Waals surface area (Å²) in [7, 11) is 0. The molecular weight excluding hydrogens is 630 g/mol. The molecule has 0 atom stereocenters. The number of hydrazine groups is 1. The van der Waals surface area contributed by atoms with Gasteiger partial charge in [0.1, 0.15) is 17.0 Å². The van der Waals surface area contributed by atoms with Crippen molar-refractivity contribution in [1.29, 1.82) is 0 Å². The van der Waals surface area contributed by atoms with Crippen LogP contribution in [0.15, 0.2) is 65.8 Å². The largest absolute Gasteiger partial charge is 0.434 e. The number of alkyl halides is 2. The van der Waals surface area contributed by atoms with Gasteiger partial charge in [-0.25, -0.2) is 15.3 Å². The maximum atomic E-state index is 13.5. The number of fused-ring (bicyclic) bond motifs is 1. The Morgan fingerprint density at radius 1 is 1.28 bits per heavy atom. The van der Waals surface area contributed by atoms with E-state index in [0.717, 1.165) is 44.0 Å². The number of anilines is 1. The Labute approximate surface area is 274 Å². The maximum absolute atomic E-state index is 13.5. The molecule has 0 saturated carbocycles. The van der Waals surface area contributed by atoms with E-state index < -0.39 is 12.5 Å². The van der Waals surface area contributed by atoms with Crippen LogP contribution in [-0.2, 0) is 11.3 Å². The molecular formula is C31H38F2N10O3S. The number of allylic oxidation sites excluding steroid dienone is 1. The third-order valence-corrected chi connectivity index (χ3v) is 9.04. The van der Waals surface area contributed by atoms with Crippen molar-refractivity contribution in [2.24, 2.45) is 11.6 Å². The van der Waals surface area contributed by atoms with E-state index in [1.807, 2.05) is 13.8 Å². The summed E-state index contributed by atoms with van der Waals surface area (Å²) in [6.07, 6.45) is 9.74. The predicted molar refractivity (Wildman–Crippen MR) is 174 cm³/mol. The second-order valence-electron chi connectivity index (χ2n) is 11.8. The Hall–Kier alpha value is -4.25. The number of ether oxygens (including phenoxy) is 2. The van der Waals surface area contributed by atoms with Crippen molar-refractivity contribution in [3.63, 3.8) is 0 Å². The Kier molecular flexibility index (Phi) is 9.91. The minimum Gasteiger partial charge on any atom is -0.434 e. The summed E-state index contributed by atoms with van der Waals surface area (Å²) >= 11 is 1.56. The van der Waals surface area contributed by atoms with Crippen molar-refractivity contribution in [2.75, 3.05) is 31.6 Å². The number of nitrogens with two attached hydrogens (primary N) is 2. The highest BCUT2D eigenvalue weighted by molar-refractivity contribution is 7.99. The van der Waals surface area contributed by atoms with Crippen LogP contribution in [-0.4, -0.2) is 90.4 Å². The lowest BCUT2D eigenvalue weighted by Gasteiger charge is -2.42. The number of hydrogen-bond donors (Lipinski definition) is 3. The molecule has 0 spiro atoms. The Balaban J connectivity index is 1.28. The highest BCUT2D eigenvalue weighted by Gasteiger charge is 2.31.